The van der Waals surface area contributed by atoms with Crippen molar-refractivity contribution in [3.05, 3.63) is 69.7 Å². The van der Waals surface area contributed by atoms with Crippen LogP contribution >= 0.6 is 11.6 Å². The van der Waals surface area contributed by atoms with Crippen LogP contribution in [0.4, 0.5) is 0 Å². The summed E-state index contributed by atoms with van der Waals surface area (Å²) >= 11 is 6.04. The Bertz CT molecular complexity index is 635. The first kappa shape index (κ1) is 14.6. The van der Waals surface area contributed by atoms with Crippen molar-refractivity contribution in [2.75, 3.05) is 0 Å². The van der Waals surface area contributed by atoms with Gasteiger partial charge < -0.3 is 5.73 Å². The maximum Gasteiger partial charge on any atom is 0.0408 e. The van der Waals surface area contributed by atoms with E-state index in [4.69, 9.17) is 17.3 Å². The zero-order valence-corrected chi connectivity index (χ0v) is 13.2. The molecule has 3 rings (SSSR count). The molecule has 0 radical (unpaired) electrons. The Balaban J connectivity index is 1.81. The Kier molecular flexibility index (Phi) is 4.32. The fraction of sp³-hybridized carbons (Fsp3) is 0.368. The smallest absolute Gasteiger partial charge is 0.0408 e. The van der Waals surface area contributed by atoms with E-state index in [0.29, 0.717) is 5.92 Å². The van der Waals surface area contributed by atoms with Crippen LogP contribution in [-0.4, -0.2) is 0 Å². The summed E-state index contributed by atoms with van der Waals surface area (Å²) < 4.78 is 0. The van der Waals surface area contributed by atoms with Crippen LogP contribution in [0.15, 0.2) is 42.5 Å². The highest BCUT2D eigenvalue weighted by Crippen LogP contribution is 2.37. The van der Waals surface area contributed by atoms with E-state index in [1.807, 2.05) is 12.1 Å². The Morgan fingerprint density at radius 1 is 1.24 bits per heavy atom. The lowest BCUT2D eigenvalue weighted by Gasteiger charge is -2.28. The minimum Gasteiger partial charge on any atom is -0.324 e. The van der Waals surface area contributed by atoms with Gasteiger partial charge in [0.25, 0.3) is 0 Å². The van der Waals surface area contributed by atoms with Crippen LogP contribution in [0.5, 0.6) is 0 Å². The first-order chi connectivity index (χ1) is 10.1. The molecule has 2 heteroatoms. The van der Waals surface area contributed by atoms with Gasteiger partial charge in [0.1, 0.15) is 0 Å². The minimum absolute atomic E-state index is 0.0819. The molecule has 21 heavy (non-hydrogen) atoms. The number of nitrogens with two attached hydrogens (primary N) is 1. The average Bonchev–Trinajstić information content (AvgIpc) is 2.47. The van der Waals surface area contributed by atoms with Gasteiger partial charge >= 0.3 is 0 Å². The topological polar surface area (TPSA) is 26.0 Å². The highest BCUT2D eigenvalue weighted by atomic mass is 35.5. The van der Waals surface area contributed by atoms with Gasteiger partial charge in [-0.3, -0.25) is 0 Å². The Morgan fingerprint density at radius 3 is 2.86 bits per heavy atom. The quantitative estimate of drug-likeness (QED) is 0.832. The second-order valence-corrected chi connectivity index (χ2v) is 6.57. The molecule has 0 fully saturated rings. The highest BCUT2D eigenvalue weighted by molar-refractivity contribution is 6.30. The van der Waals surface area contributed by atoms with Gasteiger partial charge in [-0.2, -0.15) is 0 Å². The monoisotopic (exact) mass is 299 g/mol. The van der Waals surface area contributed by atoms with E-state index in [0.717, 1.165) is 11.4 Å². The number of hydrogen-bond donors (Lipinski definition) is 1. The molecule has 1 aliphatic rings. The van der Waals surface area contributed by atoms with E-state index in [9.17, 15) is 0 Å². The third-order valence-corrected chi connectivity index (χ3v) is 4.90. The molecule has 0 aromatic heterocycles. The van der Waals surface area contributed by atoms with Crippen LogP contribution < -0.4 is 5.73 Å². The molecule has 0 spiro atoms. The van der Waals surface area contributed by atoms with Crippen LogP contribution in [0.25, 0.3) is 0 Å². The molecule has 2 unspecified atom stereocenters. The summed E-state index contributed by atoms with van der Waals surface area (Å²) in [6.45, 7) is 2.09. The standard InChI is InChI=1S/C19H22ClN/c1-13-11-16(20)9-10-17(13)19(21)12-15-7-4-6-14-5-2-3-8-18(14)15/h2-3,5,8-11,15,19H,4,6-7,12,21H2,1H3. The SMILES string of the molecule is Cc1cc(Cl)ccc1C(N)CC1CCCc2ccccc21. The molecule has 0 amide bonds. The van der Waals surface area contributed by atoms with E-state index < -0.39 is 0 Å². The first-order valence-electron chi connectivity index (χ1n) is 7.74. The normalized spacial score (nSPS) is 19.1. The number of aryl methyl sites for hydroxylation is 2. The minimum atomic E-state index is 0.0819. The van der Waals surface area contributed by atoms with Crippen LogP contribution in [0.3, 0.4) is 0 Å². The molecule has 2 atom stereocenters. The number of fused-ring (bicyclic) bond motifs is 1. The molecule has 2 aromatic carbocycles. The van der Waals surface area contributed by atoms with Crippen molar-refractivity contribution in [3.63, 3.8) is 0 Å². The van der Waals surface area contributed by atoms with E-state index >= 15 is 0 Å². The Labute approximate surface area is 132 Å². The molecule has 110 valence electrons. The summed E-state index contributed by atoms with van der Waals surface area (Å²) in [6, 6.07) is 14.9. The van der Waals surface area contributed by atoms with Gasteiger partial charge in [-0.15, -0.1) is 0 Å². The van der Waals surface area contributed by atoms with Crippen molar-refractivity contribution in [3.8, 4) is 0 Å². The van der Waals surface area contributed by atoms with Crippen LogP contribution in [0.2, 0.25) is 5.02 Å². The van der Waals surface area contributed by atoms with E-state index in [-0.39, 0.29) is 6.04 Å². The van der Waals surface area contributed by atoms with Gasteiger partial charge in [0.2, 0.25) is 0 Å². The molecule has 1 aliphatic carbocycles. The number of hydrogen-bond acceptors (Lipinski definition) is 1. The summed E-state index contributed by atoms with van der Waals surface area (Å²) in [5.41, 5.74) is 11.9. The Hall–Kier alpha value is -1.31. The van der Waals surface area contributed by atoms with Gasteiger partial charge in [0, 0.05) is 11.1 Å². The summed E-state index contributed by atoms with van der Waals surface area (Å²) in [5, 5.41) is 0.784. The van der Waals surface area contributed by atoms with Crippen LogP contribution in [0.1, 0.15) is 53.5 Å². The van der Waals surface area contributed by atoms with E-state index in [2.05, 4.69) is 37.3 Å². The van der Waals surface area contributed by atoms with Crippen molar-refractivity contribution < 1.29 is 0 Å². The summed E-state index contributed by atoms with van der Waals surface area (Å²) in [5.74, 6) is 0.583. The largest absolute Gasteiger partial charge is 0.324 e. The Morgan fingerprint density at radius 2 is 2.05 bits per heavy atom. The first-order valence-corrected chi connectivity index (χ1v) is 8.12. The van der Waals surface area contributed by atoms with Crippen molar-refractivity contribution >= 4 is 11.6 Å². The maximum atomic E-state index is 6.49. The molecular formula is C19H22ClN. The van der Waals surface area contributed by atoms with Gasteiger partial charge in [-0.25, -0.2) is 0 Å². The molecule has 0 heterocycles. The van der Waals surface area contributed by atoms with Crippen molar-refractivity contribution in [1.82, 2.24) is 0 Å². The van der Waals surface area contributed by atoms with Gasteiger partial charge in [-0.05, 0) is 72.9 Å². The summed E-state index contributed by atoms with van der Waals surface area (Å²) in [7, 11) is 0. The second kappa shape index (κ2) is 6.21. The zero-order chi connectivity index (χ0) is 14.8. The predicted molar refractivity (Wildman–Crippen MR) is 89.9 cm³/mol. The van der Waals surface area contributed by atoms with Gasteiger partial charge in [0.15, 0.2) is 0 Å². The lowest BCUT2D eigenvalue weighted by molar-refractivity contribution is 0.475. The lowest BCUT2D eigenvalue weighted by atomic mass is 9.78. The third kappa shape index (κ3) is 3.14. The lowest BCUT2D eigenvalue weighted by Crippen LogP contribution is -2.18. The van der Waals surface area contributed by atoms with Crippen molar-refractivity contribution in [2.45, 2.75) is 44.6 Å². The third-order valence-electron chi connectivity index (χ3n) is 4.66. The van der Waals surface area contributed by atoms with Crippen molar-refractivity contribution in [1.29, 1.82) is 0 Å². The van der Waals surface area contributed by atoms with E-state index in [1.54, 1.807) is 0 Å². The molecular weight excluding hydrogens is 278 g/mol. The maximum absolute atomic E-state index is 6.49. The predicted octanol–water partition coefficient (Wildman–Crippen LogP) is 5.16. The summed E-state index contributed by atoms with van der Waals surface area (Å²) in [4.78, 5) is 0. The molecule has 0 aliphatic heterocycles. The fourth-order valence-electron chi connectivity index (χ4n) is 3.59. The molecule has 2 aromatic rings. The van der Waals surface area contributed by atoms with Crippen molar-refractivity contribution in [2.24, 2.45) is 5.73 Å². The van der Waals surface area contributed by atoms with Crippen LogP contribution in [-0.2, 0) is 6.42 Å². The number of benzene rings is 2. The average molecular weight is 300 g/mol. The molecule has 0 saturated carbocycles. The molecule has 1 nitrogen and oxygen atoms in total. The van der Waals surface area contributed by atoms with Gasteiger partial charge in [0.05, 0.1) is 0 Å². The zero-order valence-electron chi connectivity index (χ0n) is 12.5. The molecule has 2 N–H and O–H groups in total. The van der Waals surface area contributed by atoms with Crippen LogP contribution in [0, 0.1) is 6.92 Å². The number of halogens is 1. The highest BCUT2D eigenvalue weighted by Gasteiger charge is 2.23. The van der Waals surface area contributed by atoms with Gasteiger partial charge in [-0.1, -0.05) is 41.9 Å². The molecule has 0 saturated heterocycles. The van der Waals surface area contributed by atoms with E-state index in [1.165, 1.54) is 41.5 Å². The fourth-order valence-corrected chi connectivity index (χ4v) is 3.81. The second-order valence-electron chi connectivity index (χ2n) is 6.13. The summed E-state index contributed by atoms with van der Waals surface area (Å²) in [6.07, 6.45) is 4.74. The number of rotatable bonds is 3. The molecule has 0 bridgehead atoms.